The van der Waals surface area contributed by atoms with Crippen LogP contribution in [0.3, 0.4) is 0 Å². The number of amides is 3. The van der Waals surface area contributed by atoms with E-state index < -0.39 is 25.3 Å². The zero-order chi connectivity index (χ0) is 61.6. The number of hydrogen-bond donors (Lipinski definition) is 0. The Morgan fingerprint density at radius 2 is 0.908 bits per heavy atom. The van der Waals surface area contributed by atoms with E-state index in [-0.39, 0.29) is 53.7 Å². The molecule has 18 heteroatoms. The van der Waals surface area contributed by atoms with Crippen molar-refractivity contribution in [3.05, 3.63) is 150 Å². The molecule has 3 atom stereocenters. The van der Waals surface area contributed by atoms with Gasteiger partial charge in [0.15, 0.2) is 0 Å². The molecule has 456 valence electrons. The highest BCUT2D eigenvalue weighted by Gasteiger charge is 2.41. The first-order valence-corrected chi connectivity index (χ1v) is 32.7. The van der Waals surface area contributed by atoms with Crippen LogP contribution < -0.4 is 9.47 Å². The van der Waals surface area contributed by atoms with Crippen LogP contribution in [0.15, 0.2) is 142 Å². The van der Waals surface area contributed by atoms with Gasteiger partial charge >= 0.3 is 0 Å². The van der Waals surface area contributed by atoms with E-state index in [9.17, 15) is 31.9 Å². The summed E-state index contributed by atoms with van der Waals surface area (Å²) in [6.45, 7) is 17.5. The summed E-state index contributed by atoms with van der Waals surface area (Å²) < 4.78 is 72.0. The summed E-state index contributed by atoms with van der Waals surface area (Å²) in [5.74, 6) is 1.34. The maximum absolute atomic E-state index is 14.0. The molecule has 0 saturated carbocycles. The lowest BCUT2D eigenvalue weighted by Crippen LogP contribution is -2.34. The number of hydrogen-bond acceptors (Lipinski definition) is 8. The number of benzene rings is 6. The second-order valence-electron chi connectivity index (χ2n) is 21.0. The van der Waals surface area contributed by atoms with Crippen molar-refractivity contribution < 1.29 is 41.4 Å². The predicted octanol–water partition coefficient (Wildman–Crippen LogP) is 16.4. The number of carbonyl (C=O) groups excluding carboxylic acids is 3. The fourth-order valence-corrected chi connectivity index (χ4v) is 16.6. The summed E-state index contributed by atoms with van der Waals surface area (Å²) in [6.07, 6.45) is 0. The fraction of sp³-hybridized carbons (Fsp3) is 0.348. The number of nitrogens with zero attached hydrogens (tertiary/aromatic N) is 6. The lowest BCUT2D eigenvalue weighted by atomic mass is 10.00. The summed E-state index contributed by atoms with van der Waals surface area (Å²) in [7, 11) is 1.64. The number of methoxy groups -OCH3 is 1. The van der Waals surface area contributed by atoms with Gasteiger partial charge in [-0.15, -0.1) is 35.3 Å². The number of aryl methyl sites for hydroxylation is 3. The standard InChI is InChI=1S/C24H27FN2O2S.C23H25FN2O2S.C22H22F2N2OS/c1-4-26(5-2)24(28)23-21-18-15-16(29-6-3)11-12-19(18)27(14-13-25)22(21)17-9-7-8-10-20(17)30-23;1-4-25(5-2)23(27)22-20-19-16(10-8-11-17(19)28-3)26(14-13-24)21(20)15-9-6-7-12-18(15)29-22;1-3-25(4-2)22(27)21-19-15-7-5-6-8-17(15)26(12-11-23)20(19)16-10-9-14(24)13-18(16)28-21/h7-12,15,23H,4-6,13-14H2,1-3H3;6-12,22H,4-5,13-14H2,1-3H3;5-10,13,21H,3-4,11-12H2,1-2H3/i25-1;24-1;23-1. The molecule has 0 bridgehead atoms. The lowest BCUT2D eigenvalue weighted by Gasteiger charge is -2.30. The van der Waals surface area contributed by atoms with Crippen molar-refractivity contribution in [2.45, 2.75) is 98.5 Å². The van der Waals surface area contributed by atoms with Gasteiger partial charge in [-0.05, 0) is 115 Å². The van der Waals surface area contributed by atoms with E-state index in [0.29, 0.717) is 51.6 Å². The van der Waals surface area contributed by atoms with Crippen molar-refractivity contribution in [3.8, 4) is 45.3 Å². The average molecular weight is 1240 g/mol. The maximum atomic E-state index is 14.0. The summed E-state index contributed by atoms with van der Waals surface area (Å²) >= 11 is 4.56. The number of halogens is 4. The van der Waals surface area contributed by atoms with E-state index in [4.69, 9.17) is 9.47 Å². The number of alkyl halides is 3. The molecule has 12 rings (SSSR count). The molecule has 6 aromatic carbocycles. The Morgan fingerprint density at radius 1 is 0.471 bits per heavy atom. The molecule has 3 unspecified atom stereocenters. The summed E-state index contributed by atoms with van der Waals surface area (Å²) in [4.78, 5) is 48.8. The SMILES string of the molecule is CCN(CC)C(=O)C1Sc2cc(F)ccc2-c2c1c1ccccc1n2CC[18F].CCN(CC)C(=O)C1Sc2ccccc2-c2c1c1c(OC)cccc1n2CC[18F].CCOc1ccc2c(c1)c1c(n2CC[18F])-c2ccccc2SC1C(=O)N(CC)CC. The molecule has 87 heavy (non-hydrogen) atoms. The van der Waals surface area contributed by atoms with Gasteiger partial charge in [-0.3, -0.25) is 14.4 Å². The molecule has 0 saturated heterocycles. The van der Waals surface area contributed by atoms with Crippen LogP contribution in [-0.2, 0) is 34.0 Å². The van der Waals surface area contributed by atoms with E-state index in [1.54, 1.807) is 41.6 Å². The molecule has 0 radical (unpaired) electrons. The van der Waals surface area contributed by atoms with Crippen molar-refractivity contribution in [1.29, 1.82) is 0 Å². The van der Waals surface area contributed by atoms with Crippen LogP contribution in [0.25, 0.3) is 66.5 Å². The quantitative estimate of drug-likeness (QED) is 0.0785. The van der Waals surface area contributed by atoms with E-state index >= 15 is 0 Å². The van der Waals surface area contributed by atoms with Crippen LogP contribution in [0.4, 0.5) is 17.6 Å². The second-order valence-corrected chi connectivity index (χ2v) is 24.4. The Balaban J connectivity index is 0.000000145. The third-order valence-corrected chi connectivity index (χ3v) is 20.4. The van der Waals surface area contributed by atoms with Gasteiger partial charge in [-0.2, -0.15) is 0 Å². The molecular weight excluding hydrogens is 1160 g/mol. The topological polar surface area (TPSA) is 94.2 Å². The molecule has 3 aromatic heterocycles. The number of likely N-dealkylation sites (N-methyl/N-ethyl adjacent to an activating group) is 3. The Kier molecular flexibility index (Phi) is 20.1. The number of fused-ring (bicyclic) bond motifs is 15. The van der Waals surface area contributed by atoms with Crippen molar-refractivity contribution in [2.75, 3.05) is 73.0 Å². The molecule has 0 N–H and O–H groups in total. The van der Waals surface area contributed by atoms with Gasteiger partial charge in [0.2, 0.25) is 17.7 Å². The molecule has 0 aliphatic carbocycles. The van der Waals surface area contributed by atoms with Crippen LogP contribution in [0.2, 0.25) is 0 Å². The number of carbonyl (C=O) groups is 3. The largest absolute Gasteiger partial charge is 0.496 e. The summed E-state index contributed by atoms with van der Waals surface area (Å²) in [5, 5.41) is 1.60. The average Bonchev–Trinajstić information content (AvgIpc) is 1.63. The van der Waals surface area contributed by atoms with Gasteiger partial charge < -0.3 is 37.9 Å². The van der Waals surface area contributed by atoms with Crippen LogP contribution in [0.5, 0.6) is 11.5 Å². The summed E-state index contributed by atoms with van der Waals surface area (Å²) in [6, 6.07) is 40.3. The van der Waals surface area contributed by atoms with Gasteiger partial charge in [0.25, 0.3) is 0 Å². The van der Waals surface area contributed by atoms with Crippen LogP contribution in [-0.4, -0.2) is 119 Å². The third kappa shape index (κ3) is 11.6. The van der Waals surface area contributed by atoms with E-state index in [1.165, 1.54) is 23.9 Å². The molecule has 3 aliphatic rings. The second kappa shape index (κ2) is 27.8. The Morgan fingerprint density at radius 3 is 1.43 bits per heavy atom. The first kappa shape index (κ1) is 62.8. The molecule has 0 fully saturated rings. The molecule has 9 aromatic rings. The highest BCUT2D eigenvalue weighted by Crippen LogP contribution is 2.57. The van der Waals surface area contributed by atoms with Gasteiger partial charge in [0, 0.05) is 115 Å². The molecular formula is C69H74F4N6O5S3. The van der Waals surface area contributed by atoms with Crippen molar-refractivity contribution in [2.24, 2.45) is 0 Å². The molecule has 6 heterocycles. The van der Waals surface area contributed by atoms with Crippen molar-refractivity contribution in [3.63, 3.8) is 0 Å². The minimum Gasteiger partial charge on any atom is -0.496 e. The predicted molar refractivity (Wildman–Crippen MR) is 347 cm³/mol. The van der Waals surface area contributed by atoms with Crippen LogP contribution >= 0.6 is 35.3 Å². The number of thioether (sulfide) groups is 3. The molecule has 3 amide bonds. The normalized spacial score (nSPS) is 15.1. The van der Waals surface area contributed by atoms with Gasteiger partial charge in [-0.25, -0.2) is 17.6 Å². The van der Waals surface area contributed by atoms with Gasteiger partial charge in [0.1, 0.15) is 53.1 Å². The highest BCUT2D eigenvalue weighted by atomic mass is 32.2. The first-order valence-electron chi connectivity index (χ1n) is 30.0. The molecule has 0 spiro atoms. The Hall–Kier alpha value is -7.28. The Labute approximate surface area is 519 Å². The zero-order valence-electron chi connectivity index (χ0n) is 50.5. The molecule has 11 nitrogen and oxygen atoms in total. The summed E-state index contributed by atoms with van der Waals surface area (Å²) in [5.41, 5.74) is 11.2. The van der Waals surface area contributed by atoms with Crippen LogP contribution in [0.1, 0.15) is 80.9 Å². The first-order chi connectivity index (χ1) is 42.4. The van der Waals surface area contributed by atoms with E-state index in [1.807, 2.05) is 163 Å². The minimum absolute atomic E-state index is 0.00862. The zero-order valence-corrected chi connectivity index (χ0v) is 53.0. The van der Waals surface area contributed by atoms with Crippen molar-refractivity contribution >= 4 is 85.7 Å². The van der Waals surface area contributed by atoms with E-state index in [2.05, 4.69) is 18.2 Å². The highest BCUT2D eigenvalue weighted by molar-refractivity contribution is 8.01. The smallest absolute Gasteiger partial charge is 0.240 e. The number of ether oxygens (including phenoxy) is 2. The number of para-hydroxylation sites is 1. The van der Waals surface area contributed by atoms with Crippen LogP contribution in [0, 0.1) is 5.82 Å². The van der Waals surface area contributed by atoms with E-state index in [0.717, 1.165) is 104 Å². The number of rotatable bonds is 18. The van der Waals surface area contributed by atoms with Crippen molar-refractivity contribution in [1.82, 2.24) is 28.4 Å². The monoisotopic (exact) mass is 1240 g/mol. The van der Waals surface area contributed by atoms with Gasteiger partial charge in [-0.1, -0.05) is 60.7 Å². The molecule has 3 aliphatic heterocycles. The Bertz CT molecular complexity index is 3980. The minimum atomic E-state index is -0.510. The lowest BCUT2D eigenvalue weighted by molar-refractivity contribution is -0.131. The number of aromatic nitrogens is 3. The maximum Gasteiger partial charge on any atom is 0.240 e. The third-order valence-electron chi connectivity index (χ3n) is 16.5. The fourth-order valence-electron chi connectivity index (χ4n) is 12.6. The van der Waals surface area contributed by atoms with Gasteiger partial charge in [0.05, 0.1) is 55.9 Å².